The van der Waals surface area contributed by atoms with Crippen molar-refractivity contribution in [2.24, 2.45) is 7.05 Å². The van der Waals surface area contributed by atoms with Gasteiger partial charge in [0.05, 0.1) is 0 Å². The number of carbonyl (C=O) groups is 1. The molecule has 0 bridgehead atoms. The Morgan fingerprint density at radius 2 is 1.81 bits per heavy atom. The van der Waals surface area contributed by atoms with Gasteiger partial charge in [-0.25, -0.2) is 8.42 Å². The molecule has 27 heavy (non-hydrogen) atoms. The number of benzene rings is 1. The summed E-state index contributed by atoms with van der Waals surface area (Å²) >= 11 is 6.10. The summed E-state index contributed by atoms with van der Waals surface area (Å²) in [4.78, 5) is 12.8. The molecule has 146 valence electrons. The number of sulfonamides is 1. The number of nitrogens with one attached hydrogen (secondary N) is 1. The van der Waals surface area contributed by atoms with Crippen molar-refractivity contribution in [1.82, 2.24) is 8.87 Å². The Labute approximate surface area is 165 Å². The normalized spacial score (nSPS) is 16.1. The summed E-state index contributed by atoms with van der Waals surface area (Å²) in [6.45, 7) is 2.87. The first-order valence-corrected chi connectivity index (χ1v) is 10.9. The van der Waals surface area contributed by atoms with Crippen LogP contribution in [0.25, 0.3) is 0 Å². The molecule has 0 unspecified atom stereocenters. The number of hydrogen-bond acceptors (Lipinski definition) is 3. The lowest BCUT2D eigenvalue weighted by molar-refractivity contribution is 0.101. The maximum Gasteiger partial charge on any atom is 0.272 e. The molecule has 1 aromatic carbocycles. The molecule has 1 aliphatic heterocycles. The number of rotatable bonds is 4. The van der Waals surface area contributed by atoms with Crippen molar-refractivity contribution in [2.45, 2.75) is 37.5 Å². The summed E-state index contributed by atoms with van der Waals surface area (Å²) in [6.07, 6.45) is 5.34. The van der Waals surface area contributed by atoms with Gasteiger partial charge in [-0.1, -0.05) is 30.5 Å². The van der Waals surface area contributed by atoms with E-state index in [2.05, 4.69) is 5.32 Å². The monoisotopic (exact) mass is 409 g/mol. The molecule has 1 aliphatic rings. The lowest BCUT2D eigenvalue weighted by Crippen LogP contribution is -2.31. The third-order valence-corrected chi connectivity index (χ3v) is 7.20. The summed E-state index contributed by atoms with van der Waals surface area (Å²) in [7, 11) is -1.93. The average Bonchev–Trinajstić information content (AvgIpc) is 2.83. The third kappa shape index (κ3) is 4.20. The number of amides is 1. The van der Waals surface area contributed by atoms with Crippen molar-refractivity contribution in [3.05, 3.63) is 46.7 Å². The number of carbonyl (C=O) groups excluding carboxylic acids is 1. The maximum absolute atomic E-state index is 12.9. The van der Waals surface area contributed by atoms with Crippen molar-refractivity contribution >= 4 is 33.2 Å². The molecule has 0 spiro atoms. The van der Waals surface area contributed by atoms with Crippen LogP contribution in [0.3, 0.4) is 0 Å². The summed E-state index contributed by atoms with van der Waals surface area (Å²) in [5.41, 5.74) is 1.65. The largest absolute Gasteiger partial charge is 0.345 e. The smallest absolute Gasteiger partial charge is 0.272 e. The highest BCUT2D eigenvalue weighted by molar-refractivity contribution is 7.89. The molecule has 3 rings (SSSR count). The van der Waals surface area contributed by atoms with Crippen LogP contribution >= 0.6 is 11.6 Å². The third-order valence-electron chi connectivity index (χ3n) is 4.93. The molecule has 6 nitrogen and oxygen atoms in total. The molecule has 1 amide bonds. The Bertz CT molecular complexity index is 945. The predicted molar refractivity (Wildman–Crippen MR) is 107 cm³/mol. The maximum atomic E-state index is 12.9. The molecular weight excluding hydrogens is 386 g/mol. The van der Waals surface area contributed by atoms with Crippen LogP contribution in [0.1, 0.15) is 41.7 Å². The van der Waals surface area contributed by atoms with E-state index < -0.39 is 10.0 Å². The van der Waals surface area contributed by atoms with Crippen LogP contribution in [-0.2, 0) is 17.1 Å². The Balaban J connectivity index is 1.85. The summed E-state index contributed by atoms with van der Waals surface area (Å²) in [5, 5.41) is 3.37. The molecule has 8 heteroatoms. The van der Waals surface area contributed by atoms with Gasteiger partial charge in [0.1, 0.15) is 10.6 Å². The molecule has 2 aromatic rings. The van der Waals surface area contributed by atoms with Crippen LogP contribution < -0.4 is 5.32 Å². The molecule has 1 N–H and O–H groups in total. The molecule has 0 atom stereocenters. The second-order valence-corrected chi connectivity index (χ2v) is 9.20. The first kappa shape index (κ1) is 19.9. The van der Waals surface area contributed by atoms with Gasteiger partial charge in [0.15, 0.2) is 0 Å². The molecule has 1 aromatic heterocycles. The summed E-state index contributed by atoms with van der Waals surface area (Å²) < 4.78 is 29.0. The Hall–Kier alpha value is -1.83. The number of hydrogen-bond donors (Lipinski definition) is 1. The molecule has 1 fully saturated rings. The molecule has 2 heterocycles. The zero-order valence-electron chi connectivity index (χ0n) is 15.5. The van der Waals surface area contributed by atoms with Gasteiger partial charge in [0, 0.05) is 37.0 Å². The van der Waals surface area contributed by atoms with Gasteiger partial charge in [0.25, 0.3) is 5.91 Å². The van der Waals surface area contributed by atoms with Gasteiger partial charge in [-0.2, -0.15) is 4.31 Å². The second kappa shape index (κ2) is 8.04. The van der Waals surface area contributed by atoms with Crippen molar-refractivity contribution in [3.63, 3.8) is 0 Å². The van der Waals surface area contributed by atoms with E-state index in [4.69, 9.17) is 11.6 Å². The number of aromatic nitrogens is 1. The topological polar surface area (TPSA) is 71.4 Å². The minimum Gasteiger partial charge on any atom is -0.345 e. The van der Waals surface area contributed by atoms with E-state index in [-0.39, 0.29) is 16.5 Å². The van der Waals surface area contributed by atoms with Crippen LogP contribution in [0.15, 0.2) is 35.4 Å². The molecular formula is C19H24ClN3O3S. The van der Waals surface area contributed by atoms with Crippen molar-refractivity contribution in [3.8, 4) is 0 Å². The van der Waals surface area contributed by atoms with E-state index in [0.29, 0.717) is 23.8 Å². The Morgan fingerprint density at radius 3 is 2.48 bits per heavy atom. The first-order chi connectivity index (χ1) is 12.8. The quantitative estimate of drug-likeness (QED) is 0.834. The number of halogens is 1. The number of nitrogens with zero attached hydrogens (tertiary/aromatic N) is 2. The SMILES string of the molecule is Cc1c(Cl)cccc1NC(=O)c1cc(S(=O)(=O)N2CCCCCC2)cn1C. The summed E-state index contributed by atoms with van der Waals surface area (Å²) in [6, 6.07) is 6.71. The van der Waals surface area contributed by atoms with E-state index in [1.807, 2.05) is 6.92 Å². The van der Waals surface area contributed by atoms with E-state index >= 15 is 0 Å². The predicted octanol–water partition coefficient (Wildman–Crippen LogP) is 3.80. The van der Waals surface area contributed by atoms with Gasteiger partial charge < -0.3 is 9.88 Å². The lowest BCUT2D eigenvalue weighted by Gasteiger charge is -2.18. The van der Waals surface area contributed by atoms with Gasteiger partial charge in [0.2, 0.25) is 10.0 Å². The Morgan fingerprint density at radius 1 is 1.15 bits per heavy atom. The number of aryl methyl sites for hydroxylation is 1. The van der Waals surface area contributed by atoms with Crippen LogP contribution in [0.2, 0.25) is 5.02 Å². The fraction of sp³-hybridized carbons (Fsp3) is 0.421. The van der Waals surface area contributed by atoms with E-state index in [0.717, 1.165) is 31.2 Å². The standard InChI is InChI=1S/C19H24ClN3O3S/c1-14-16(20)8-7-9-17(14)21-19(24)18-12-15(13-22(18)2)27(25,26)23-10-5-3-4-6-11-23/h7-9,12-13H,3-6,10-11H2,1-2H3,(H,21,24). The highest BCUT2D eigenvalue weighted by Gasteiger charge is 2.28. The van der Waals surface area contributed by atoms with Crippen molar-refractivity contribution in [2.75, 3.05) is 18.4 Å². The highest BCUT2D eigenvalue weighted by Crippen LogP contribution is 2.25. The fourth-order valence-corrected chi connectivity index (χ4v) is 5.02. The van der Waals surface area contributed by atoms with Crippen molar-refractivity contribution in [1.29, 1.82) is 0 Å². The molecule has 0 radical (unpaired) electrons. The van der Waals surface area contributed by atoms with Crippen LogP contribution in [0, 0.1) is 6.92 Å². The minimum atomic E-state index is -3.60. The van der Waals surface area contributed by atoms with Crippen LogP contribution in [0.5, 0.6) is 0 Å². The molecule has 0 saturated carbocycles. The van der Waals surface area contributed by atoms with E-state index in [9.17, 15) is 13.2 Å². The summed E-state index contributed by atoms with van der Waals surface area (Å²) in [5.74, 6) is -0.375. The van der Waals surface area contributed by atoms with Crippen LogP contribution in [-0.4, -0.2) is 36.3 Å². The fourth-order valence-electron chi connectivity index (χ4n) is 3.26. The van der Waals surface area contributed by atoms with Gasteiger partial charge in [-0.05, 0) is 43.5 Å². The first-order valence-electron chi connectivity index (χ1n) is 9.03. The molecule has 0 aliphatic carbocycles. The van der Waals surface area contributed by atoms with Crippen molar-refractivity contribution < 1.29 is 13.2 Å². The van der Waals surface area contributed by atoms with Gasteiger partial charge in [-0.3, -0.25) is 4.79 Å². The zero-order valence-corrected chi connectivity index (χ0v) is 17.1. The Kier molecular flexibility index (Phi) is 5.93. The lowest BCUT2D eigenvalue weighted by atomic mass is 10.2. The zero-order chi connectivity index (χ0) is 19.6. The van der Waals surface area contributed by atoms with Gasteiger partial charge in [-0.15, -0.1) is 0 Å². The van der Waals surface area contributed by atoms with E-state index in [1.165, 1.54) is 16.6 Å². The second-order valence-electron chi connectivity index (χ2n) is 6.86. The highest BCUT2D eigenvalue weighted by atomic mass is 35.5. The molecule has 1 saturated heterocycles. The van der Waals surface area contributed by atoms with E-state index in [1.54, 1.807) is 29.8 Å². The average molecular weight is 410 g/mol. The van der Waals surface area contributed by atoms with Crippen LogP contribution in [0.4, 0.5) is 5.69 Å². The van der Waals surface area contributed by atoms with Gasteiger partial charge >= 0.3 is 0 Å². The number of anilines is 1. The minimum absolute atomic E-state index is 0.153.